The van der Waals surface area contributed by atoms with Gasteiger partial charge in [0.05, 0.1) is 12.8 Å². The van der Waals surface area contributed by atoms with Gasteiger partial charge in [0.1, 0.15) is 11.1 Å². The minimum atomic E-state index is -1.23. The number of allylic oxidation sites excluding steroid dienone is 2. The molecule has 12 heteroatoms. The molecule has 230 valence electrons. The first-order valence-corrected chi connectivity index (χ1v) is 14.7. The number of aryl methyl sites for hydroxylation is 1. The van der Waals surface area contributed by atoms with Crippen LogP contribution in [0.3, 0.4) is 0 Å². The Bertz CT molecular complexity index is 1790. The molecule has 3 N–H and O–H groups in total. The Balaban J connectivity index is 1.54. The summed E-state index contributed by atoms with van der Waals surface area (Å²) < 4.78 is 7.79. The number of carbonyl (C=O) groups is 2. The molecule has 1 aliphatic heterocycles. The molecule has 2 amide bonds. The Labute approximate surface area is 259 Å². The molecule has 0 spiro atoms. The Hall–Kier alpha value is -4.48. The highest BCUT2D eigenvalue weighted by Crippen LogP contribution is 2.44. The lowest BCUT2D eigenvalue weighted by Crippen LogP contribution is -2.52. The molecule has 3 aromatic rings. The molecule has 1 saturated heterocycles. The van der Waals surface area contributed by atoms with Gasteiger partial charge in [0, 0.05) is 62.3 Å². The highest BCUT2D eigenvalue weighted by Gasteiger charge is 2.43. The summed E-state index contributed by atoms with van der Waals surface area (Å²) in [4.78, 5) is 55.6. The maximum absolute atomic E-state index is 13.9. The Morgan fingerprint density at radius 3 is 2.66 bits per heavy atom. The first kappa shape index (κ1) is 31.0. The molecule has 11 nitrogen and oxygen atoms in total. The Morgan fingerprint density at radius 1 is 1.18 bits per heavy atom. The molecule has 0 saturated carbocycles. The van der Waals surface area contributed by atoms with E-state index in [0.717, 1.165) is 27.7 Å². The van der Waals surface area contributed by atoms with Crippen LogP contribution in [0, 0.1) is 5.92 Å². The number of hydrogen-bond donors (Lipinski definition) is 3. The van der Waals surface area contributed by atoms with Gasteiger partial charge >= 0.3 is 5.69 Å². The number of halogens is 1. The maximum Gasteiger partial charge on any atom is 0.330 e. The summed E-state index contributed by atoms with van der Waals surface area (Å²) in [6.45, 7) is 3.01. The number of methoxy groups -OCH3 is 1. The van der Waals surface area contributed by atoms with Crippen molar-refractivity contribution in [2.45, 2.75) is 37.9 Å². The van der Waals surface area contributed by atoms with Crippen molar-refractivity contribution in [3.8, 4) is 5.88 Å². The highest BCUT2D eigenvalue weighted by atomic mass is 35.5. The van der Waals surface area contributed by atoms with E-state index in [0.29, 0.717) is 36.1 Å². The average Bonchev–Trinajstić information content (AvgIpc) is 3.44. The number of hydrogen-bond acceptors (Lipinski definition) is 7. The van der Waals surface area contributed by atoms with Crippen molar-refractivity contribution in [2.24, 2.45) is 20.0 Å². The van der Waals surface area contributed by atoms with Gasteiger partial charge in [0.25, 0.3) is 11.5 Å². The van der Waals surface area contributed by atoms with E-state index in [1.54, 1.807) is 6.07 Å². The van der Waals surface area contributed by atoms with Crippen LogP contribution in [0.5, 0.6) is 5.88 Å². The molecule has 2 unspecified atom stereocenters. The normalized spacial score (nSPS) is 21.1. The zero-order valence-corrected chi connectivity index (χ0v) is 25.8. The number of ether oxygens (including phenoxy) is 1. The smallest absolute Gasteiger partial charge is 0.330 e. The van der Waals surface area contributed by atoms with Crippen LogP contribution in [0.1, 0.15) is 46.9 Å². The van der Waals surface area contributed by atoms with E-state index in [4.69, 9.17) is 21.3 Å². The van der Waals surface area contributed by atoms with E-state index in [2.05, 4.69) is 16.0 Å². The largest absolute Gasteiger partial charge is 0.481 e. The second kappa shape index (κ2) is 12.6. The summed E-state index contributed by atoms with van der Waals surface area (Å²) in [6.07, 6.45) is 8.17. The first-order chi connectivity index (χ1) is 21.1. The SMILES string of the molecule is COc1nc(C2(NC(=O)c3cn(C)c(=O)n(C)c3=O)C=CC=C(c3ccccc3Cl)[C@@H]2C)ccc1CNCC1CCC(=O)N1. The van der Waals surface area contributed by atoms with Crippen LogP contribution in [0.2, 0.25) is 5.02 Å². The summed E-state index contributed by atoms with van der Waals surface area (Å²) >= 11 is 6.61. The van der Waals surface area contributed by atoms with Crippen molar-refractivity contribution in [1.29, 1.82) is 0 Å². The molecule has 3 atom stereocenters. The highest BCUT2D eigenvalue weighted by molar-refractivity contribution is 6.32. The Kier molecular flexibility index (Phi) is 8.89. The number of benzene rings is 1. The number of nitrogens with one attached hydrogen (secondary N) is 3. The second-order valence-electron chi connectivity index (χ2n) is 11.1. The van der Waals surface area contributed by atoms with E-state index in [9.17, 15) is 19.2 Å². The van der Waals surface area contributed by atoms with Crippen LogP contribution in [-0.4, -0.2) is 45.6 Å². The quantitative estimate of drug-likeness (QED) is 0.335. The fourth-order valence-corrected chi connectivity index (χ4v) is 6.06. The topological polar surface area (TPSA) is 136 Å². The fraction of sp³-hybridized carbons (Fsp3) is 0.344. The van der Waals surface area contributed by atoms with Gasteiger partial charge in [-0.1, -0.05) is 61.0 Å². The summed E-state index contributed by atoms with van der Waals surface area (Å²) in [6, 6.07) is 11.2. The third-order valence-electron chi connectivity index (χ3n) is 8.33. The molecule has 1 fully saturated rings. The van der Waals surface area contributed by atoms with Crippen LogP contribution in [0.15, 0.2) is 70.4 Å². The molecule has 2 aromatic heterocycles. The summed E-state index contributed by atoms with van der Waals surface area (Å²) in [7, 11) is 4.34. The van der Waals surface area contributed by atoms with Crippen molar-refractivity contribution < 1.29 is 14.3 Å². The van der Waals surface area contributed by atoms with E-state index in [1.165, 1.54) is 32.0 Å². The third kappa shape index (κ3) is 5.85. The van der Waals surface area contributed by atoms with Gasteiger partial charge in [-0.25, -0.2) is 9.78 Å². The van der Waals surface area contributed by atoms with Gasteiger partial charge in [-0.2, -0.15) is 0 Å². The monoisotopic (exact) mass is 618 g/mol. The number of carbonyl (C=O) groups excluding carboxylic acids is 2. The summed E-state index contributed by atoms with van der Waals surface area (Å²) in [5, 5.41) is 9.95. The average molecular weight is 619 g/mol. The van der Waals surface area contributed by atoms with Gasteiger partial charge < -0.3 is 25.3 Å². The first-order valence-electron chi connectivity index (χ1n) is 14.3. The maximum atomic E-state index is 13.9. The van der Waals surface area contributed by atoms with Crippen LogP contribution < -0.4 is 31.9 Å². The Morgan fingerprint density at radius 2 is 1.95 bits per heavy atom. The van der Waals surface area contributed by atoms with E-state index < -0.39 is 28.6 Å². The molecule has 44 heavy (non-hydrogen) atoms. The minimum absolute atomic E-state index is 0.0585. The zero-order chi connectivity index (χ0) is 31.6. The van der Waals surface area contributed by atoms with Crippen molar-refractivity contribution in [2.75, 3.05) is 13.7 Å². The van der Waals surface area contributed by atoms with Gasteiger partial charge in [-0.15, -0.1) is 0 Å². The number of amides is 2. The van der Waals surface area contributed by atoms with Gasteiger partial charge in [0.15, 0.2) is 0 Å². The van der Waals surface area contributed by atoms with Crippen LogP contribution >= 0.6 is 11.6 Å². The minimum Gasteiger partial charge on any atom is -0.481 e. The van der Waals surface area contributed by atoms with E-state index in [-0.39, 0.29) is 17.5 Å². The van der Waals surface area contributed by atoms with Crippen LogP contribution in [-0.2, 0) is 31.0 Å². The predicted molar refractivity (Wildman–Crippen MR) is 167 cm³/mol. The molecule has 3 heterocycles. The van der Waals surface area contributed by atoms with E-state index >= 15 is 0 Å². The lowest BCUT2D eigenvalue weighted by Gasteiger charge is -2.40. The molecular weight excluding hydrogens is 584 g/mol. The summed E-state index contributed by atoms with van der Waals surface area (Å²) in [5.74, 6) is -0.641. The van der Waals surface area contributed by atoms with Crippen molar-refractivity contribution in [3.63, 3.8) is 0 Å². The molecule has 1 aromatic carbocycles. The number of aromatic nitrogens is 3. The van der Waals surface area contributed by atoms with Gasteiger partial charge in [0.2, 0.25) is 11.8 Å². The lowest BCUT2D eigenvalue weighted by atomic mass is 9.72. The predicted octanol–water partition coefficient (Wildman–Crippen LogP) is 2.42. The van der Waals surface area contributed by atoms with Crippen molar-refractivity contribution >= 4 is 29.0 Å². The molecule has 2 aliphatic rings. The lowest BCUT2D eigenvalue weighted by molar-refractivity contribution is -0.119. The molecule has 5 rings (SSSR count). The second-order valence-corrected chi connectivity index (χ2v) is 11.5. The van der Waals surface area contributed by atoms with Crippen molar-refractivity contribution in [1.82, 2.24) is 30.1 Å². The van der Waals surface area contributed by atoms with Gasteiger partial charge in [-0.05, 0) is 29.7 Å². The molecule has 1 aliphatic carbocycles. The number of rotatable bonds is 9. The number of nitrogens with zero attached hydrogens (tertiary/aromatic N) is 3. The molecule has 0 radical (unpaired) electrons. The third-order valence-corrected chi connectivity index (χ3v) is 8.66. The summed E-state index contributed by atoms with van der Waals surface area (Å²) in [5.41, 5.74) is 0.276. The van der Waals surface area contributed by atoms with Crippen molar-refractivity contribution in [3.05, 3.63) is 109 Å². The fourth-order valence-electron chi connectivity index (χ4n) is 5.82. The van der Waals surface area contributed by atoms with Crippen LogP contribution in [0.25, 0.3) is 5.57 Å². The molecule has 0 bridgehead atoms. The molecular formula is C32H35ClN6O5. The van der Waals surface area contributed by atoms with E-state index in [1.807, 2.05) is 55.5 Å². The standard InChI is InChI=1S/C32H35ClN6O5/c1-19-22(23-8-5-6-10-25(23)33)9-7-15-32(19,37-28(41)24-18-38(2)31(43)39(3)30(24)42)26-13-11-20(29(36-26)44-4)16-34-17-21-12-14-27(40)35-21/h5-11,13,15,18-19,21,34H,12,14,16-17H2,1-4H3,(H,35,40)(H,37,41)/t19-,21?,32?/m0/s1. The number of pyridine rings is 1. The van der Waals surface area contributed by atoms with Crippen LogP contribution in [0.4, 0.5) is 0 Å². The zero-order valence-electron chi connectivity index (χ0n) is 25.0. The van der Waals surface area contributed by atoms with Gasteiger partial charge in [-0.3, -0.25) is 19.0 Å².